The molecule has 1 aliphatic rings. The normalized spacial score (nSPS) is 15.2. The van der Waals surface area contributed by atoms with Gasteiger partial charge in [-0.15, -0.1) is 0 Å². The number of hydrogen-bond acceptors (Lipinski definition) is 5. The van der Waals surface area contributed by atoms with Gasteiger partial charge in [0, 0.05) is 56.9 Å². The molecule has 1 fully saturated rings. The molecule has 0 spiro atoms. The molecule has 0 aromatic carbocycles. The molecule has 3 aromatic rings. The van der Waals surface area contributed by atoms with Crippen molar-refractivity contribution in [3.8, 4) is 0 Å². The first-order chi connectivity index (χ1) is 12.1. The number of aromatic nitrogens is 5. The fourth-order valence-corrected chi connectivity index (χ4v) is 3.34. The molecule has 1 aliphatic heterocycles. The first-order valence-electron chi connectivity index (χ1n) is 8.37. The third kappa shape index (κ3) is 2.54. The van der Waals surface area contributed by atoms with Gasteiger partial charge in [0.1, 0.15) is 23.4 Å². The van der Waals surface area contributed by atoms with Crippen LogP contribution in [0.4, 0.5) is 5.82 Å². The van der Waals surface area contributed by atoms with Gasteiger partial charge in [-0.1, -0.05) is 0 Å². The average Bonchev–Trinajstić information content (AvgIpc) is 3.20. The fourth-order valence-electron chi connectivity index (χ4n) is 3.34. The Balaban J connectivity index is 1.51. The Kier molecular flexibility index (Phi) is 3.67. The Morgan fingerprint density at radius 1 is 1.08 bits per heavy atom. The summed E-state index contributed by atoms with van der Waals surface area (Å²) in [5.41, 5.74) is 3.57. The van der Waals surface area contributed by atoms with E-state index in [4.69, 9.17) is 0 Å². The molecule has 3 aromatic heterocycles. The van der Waals surface area contributed by atoms with E-state index in [0.29, 0.717) is 18.7 Å². The van der Waals surface area contributed by atoms with Crippen LogP contribution < -0.4 is 4.90 Å². The van der Waals surface area contributed by atoms with Crippen molar-refractivity contribution in [1.82, 2.24) is 29.0 Å². The maximum Gasteiger partial charge on any atom is 0.259 e. The first kappa shape index (κ1) is 15.6. The molecule has 0 saturated carbocycles. The van der Waals surface area contributed by atoms with Crippen molar-refractivity contribution in [1.29, 1.82) is 0 Å². The van der Waals surface area contributed by atoms with Crippen molar-refractivity contribution in [3.63, 3.8) is 0 Å². The second kappa shape index (κ2) is 5.87. The molecule has 130 valence electrons. The first-order valence-corrected chi connectivity index (χ1v) is 8.37. The summed E-state index contributed by atoms with van der Waals surface area (Å²) < 4.78 is 3.65. The largest absolute Gasteiger partial charge is 0.353 e. The molecule has 8 nitrogen and oxygen atoms in total. The maximum atomic E-state index is 12.9. The van der Waals surface area contributed by atoms with Crippen LogP contribution in [-0.4, -0.2) is 61.1 Å². The number of piperazine rings is 1. The van der Waals surface area contributed by atoms with Gasteiger partial charge < -0.3 is 14.4 Å². The molecule has 0 radical (unpaired) electrons. The number of aryl methyl sites for hydroxylation is 2. The number of anilines is 1. The lowest BCUT2D eigenvalue weighted by molar-refractivity contribution is 0.0748. The summed E-state index contributed by atoms with van der Waals surface area (Å²) in [6, 6.07) is 0. The van der Waals surface area contributed by atoms with Crippen molar-refractivity contribution < 1.29 is 4.79 Å². The van der Waals surface area contributed by atoms with Crippen LogP contribution in [0.25, 0.3) is 5.65 Å². The summed E-state index contributed by atoms with van der Waals surface area (Å²) in [7, 11) is 1.92. The van der Waals surface area contributed by atoms with E-state index in [0.717, 1.165) is 35.8 Å². The van der Waals surface area contributed by atoms with Gasteiger partial charge in [-0.2, -0.15) is 5.10 Å². The molecule has 0 aliphatic carbocycles. The predicted octanol–water partition coefficient (Wildman–Crippen LogP) is 1.04. The van der Waals surface area contributed by atoms with Gasteiger partial charge in [-0.05, 0) is 13.8 Å². The van der Waals surface area contributed by atoms with Crippen molar-refractivity contribution in [2.75, 3.05) is 31.1 Å². The lowest BCUT2D eigenvalue weighted by Crippen LogP contribution is -2.49. The van der Waals surface area contributed by atoms with Crippen LogP contribution in [0.5, 0.6) is 0 Å². The number of hydrogen-bond donors (Lipinski definition) is 0. The molecule has 4 rings (SSSR count). The zero-order valence-corrected chi connectivity index (χ0v) is 14.7. The van der Waals surface area contributed by atoms with E-state index in [1.165, 1.54) is 0 Å². The molecule has 25 heavy (non-hydrogen) atoms. The molecular weight excluding hydrogens is 318 g/mol. The average molecular weight is 339 g/mol. The highest BCUT2D eigenvalue weighted by atomic mass is 16.2. The van der Waals surface area contributed by atoms with E-state index in [-0.39, 0.29) is 5.91 Å². The molecular formula is C17H21N7O. The smallest absolute Gasteiger partial charge is 0.259 e. The summed E-state index contributed by atoms with van der Waals surface area (Å²) in [6.07, 6.45) is 7.01. The fraction of sp³-hybridized carbons (Fsp3) is 0.412. The van der Waals surface area contributed by atoms with E-state index in [1.807, 2.05) is 42.8 Å². The van der Waals surface area contributed by atoms with Gasteiger partial charge in [0.25, 0.3) is 5.91 Å². The van der Waals surface area contributed by atoms with Crippen molar-refractivity contribution in [2.45, 2.75) is 13.8 Å². The summed E-state index contributed by atoms with van der Waals surface area (Å²) >= 11 is 0. The quantitative estimate of drug-likeness (QED) is 0.698. The van der Waals surface area contributed by atoms with Crippen LogP contribution in [0.3, 0.4) is 0 Å². The van der Waals surface area contributed by atoms with E-state index < -0.39 is 0 Å². The second-order valence-corrected chi connectivity index (χ2v) is 6.42. The zero-order valence-electron chi connectivity index (χ0n) is 14.7. The van der Waals surface area contributed by atoms with E-state index in [2.05, 4.69) is 20.0 Å². The van der Waals surface area contributed by atoms with Crippen molar-refractivity contribution in [3.05, 3.63) is 41.7 Å². The third-order valence-electron chi connectivity index (χ3n) is 4.94. The molecule has 1 amide bonds. The maximum absolute atomic E-state index is 12.9. The molecule has 0 N–H and O–H groups in total. The summed E-state index contributed by atoms with van der Waals surface area (Å²) in [5.74, 6) is 1.00. The number of carbonyl (C=O) groups is 1. The predicted molar refractivity (Wildman–Crippen MR) is 93.8 cm³/mol. The number of imidazole rings is 1. The molecule has 0 atom stereocenters. The van der Waals surface area contributed by atoms with Crippen molar-refractivity contribution >= 4 is 17.4 Å². The third-order valence-corrected chi connectivity index (χ3v) is 4.94. The number of carbonyl (C=O) groups excluding carboxylic acids is 1. The molecule has 8 heteroatoms. The minimum atomic E-state index is 0.0343. The van der Waals surface area contributed by atoms with Gasteiger partial charge >= 0.3 is 0 Å². The van der Waals surface area contributed by atoms with E-state index in [9.17, 15) is 4.79 Å². The van der Waals surface area contributed by atoms with Gasteiger partial charge in [-0.25, -0.2) is 14.5 Å². The van der Waals surface area contributed by atoms with Crippen LogP contribution in [0.15, 0.2) is 24.9 Å². The number of fused-ring (bicyclic) bond motifs is 1. The Labute approximate surface area is 145 Å². The molecule has 0 bridgehead atoms. The van der Waals surface area contributed by atoms with Crippen LogP contribution in [-0.2, 0) is 7.05 Å². The molecule has 4 heterocycles. The Morgan fingerprint density at radius 3 is 2.60 bits per heavy atom. The van der Waals surface area contributed by atoms with E-state index >= 15 is 0 Å². The highest BCUT2D eigenvalue weighted by Gasteiger charge is 2.26. The SMILES string of the molecule is Cc1ncnc(N2CCN(C(=O)c3cnn4ccn(C)c34)CC2)c1C. The van der Waals surface area contributed by atoms with E-state index in [1.54, 1.807) is 17.0 Å². The minimum Gasteiger partial charge on any atom is -0.353 e. The van der Waals surface area contributed by atoms with Gasteiger partial charge in [0.2, 0.25) is 0 Å². The monoisotopic (exact) mass is 339 g/mol. The van der Waals surface area contributed by atoms with Gasteiger partial charge in [0.05, 0.1) is 6.20 Å². The van der Waals surface area contributed by atoms with Crippen molar-refractivity contribution in [2.24, 2.45) is 7.05 Å². The molecule has 0 unspecified atom stereocenters. The highest BCUT2D eigenvalue weighted by Crippen LogP contribution is 2.21. The van der Waals surface area contributed by atoms with Crippen LogP contribution >= 0.6 is 0 Å². The minimum absolute atomic E-state index is 0.0343. The Morgan fingerprint density at radius 2 is 1.84 bits per heavy atom. The Hall–Kier alpha value is -2.90. The van der Waals surface area contributed by atoms with Crippen LogP contribution in [0.1, 0.15) is 21.6 Å². The standard InChI is InChI=1S/C17H21N7O/c1-12-13(2)18-11-19-15(12)22-5-7-23(8-6-22)17(25)14-10-20-24-9-4-21(3)16(14)24/h4,9-11H,5-8H2,1-3H3. The zero-order chi connectivity index (χ0) is 17.6. The second-order valence-electron chi connectivity index (χ2n) is 6.42. The summed E-state index contributed by atoms with van der Waals surface area (Å²) in [5, 5.41) is 4.26. The summed E-state index contributed by atoms with van der Waals surface area (Å²) in [6.45, 7) is 6.90. The topological polar surface area (TPSA) is 71.6 Å². The molecule has 1 saturated heterocycles. The Bertz CT molecular complexity index is 934. The number of amides is 1. The highest BCUT2D eigenvalue weighted by molar-refractivity contribution is 6.00. The van der Waals surface area contributed by atoms with Gasteiger partial charge in [-0.3, -0.25) is 4.79 Å². The van der Waals surface area contributed by atoms with Crippen LogP contribution in [0, 0.1) is 13.8 Å². The van der Waals surface area contributed by atoms with Crippen LogP contribution in [0.2, 0.25) is 0 Å². The lowest BCUT2D eigenvalue weighted by Gasteiger charge is -2.36. The van der Waals surface area contributed by atoms with Gasteiger partial charge in [0.15, 0.2) is 0 Å². The number of nitrogens with zero attached hydrogens (tertiary/aromatic N) is 7. The lowest BCUT2D eigenvalue weighted by atomic mass is 10.2. The summed E-state index contributed by atoms with van der Waals surface area (Å²) in [4.78, 5) is 25.7. The number of rotatable bonds is 2.